The van der Waals surface area contributed by atoms with Crippen molar-refractivity contribution in [3.63, 3.8) is 0 Å². The highest BCUT2D eigenvalue weighted by atomic mass is 15.2. The Morgan fingerprint density at radius 1 is 1.11 bits per heavy atom. The Balaban J connectivity index is 2.30. The van der Waals surface area contributed by atoms with Gasteiger partial charge in [-0.15, -0.1) is 0 Å². The number of nitrogens with zero attached hydrogens (tertiary/aromatic N) is 3. The highest BCUT2D eigenvalue weighted by Crippen LogP contribution is 2.23. The van der Waals surface area contributed by atoms with E-state index in [1.165, 1.54) is 11.9 Å². The van der Waals surface area contributed by atoms with Gasteiger partial charge in [-0.3, -0.25) is 0 Å². The van der Waals surface area contributed by atoms with Crippen LogP contribution < -0.4 is 10.6 Å². The molecule has 0 atom stereocenters. The van der Waals surface area contributed by atoms with Crippen LogP contribution >= 0.6 is 0 Å². The second-order valence-electron chi connectivity index (χ2n) is 4.41. The van der Waals surface area contributed by atoms with E-state index in [4.69, 9.17) is 5.73 Å². The minimum atomic E-state index is 0.582. The molecule has 0 radical (unpaired) electrons. The van der Waals surface area contributed by atoms with Gasteiger partial charge in [0.05, 0.1) is 0 Å². The molecular weight excluding hydrogens is 236 g/mol. The van der Waals surface area contributed by atoms with E-state index in [1.54, 1.807) is 0 Å². The Bertz CT molecular complexity index is 525. The van der Waals surface area contributed by atoms with Crippen LogP contribution in [-0.4, -0.2) is 16.5 Å². The van der Waals surface area contributed by atoms with E-state index >= 15 is 0 Å². The van der Waals surface area contributed by atoms with Crippen LogP contribution in [0.4, 0.5) is 11.6 Å². The Kier molecular flexibility index (Phi) is 4.34. The predicted molar refractivity (Wildman–Crippen MR) is 79.0 cm³/mol. The number of hydrogen-bond acceptors (Lipinski definition) is 4. The third-order valence-electron chi connectivity index (χ3n) is 3.21. The van der Waals surface area contributed by atoms with E-state index in [-0.39, 0.29) is 0 Å². The van der Waals surface area contributed by atoms with Crippen LogP contribution in [0.2, 0.25) is 0 Å². The van der Waals surface area contributed by atoms with Gasteiger partial charge in [-0.25, -0.2) is 9.97 Å². The number of hydrogen-bond donors (Lipinski definition) is 1. The number of benzene rings is 1. The molecule has 1 aromatic heterocycles. The highest BCUT2D eigenvalue weighted by Gasteiger charge is 2.13. The lowest BCUT2D eigenvalue weighted by Gasteiger charge is -2.24. The van der Waals surface area contributed by atoms with E-state index < -0.39 is 0 Å². The SMILES string of the molecule is CCc1c(N)ncnc1N(CC)Cc1ccccc1. The Morgan fingerprint density at radius 3 is 2.47 bits per heavy atom. The van der Waals surface area contributed by atoms with Crippen LogP contribution in [0.3, 0.4) is 0 Å². The van der Waals surface area contributed by atoms with Crippen LogP contribution in [0.5, 0.6) is 0 Å². The fraction of sp³-hybridized carbons (Fsp3) is 0.333. The zero-order chi connectivity index (χ0) is 13.7. The van der Waals surface area contributed by atoms with Gasteiger partial charge in [-0.1, -0.05) is 37.3 Å². The van der Waals surface area contributed by atoms with Crippen molar-refractivity contribution in [3.05, 3.63) is 47.8 Å². The molecule has 1 aromatic carbocycles. The van der Waals surface area contributed by atoms with Crippen molar-refractivity contribution in [1.82, 2.24) is 9.97 Å². The van der Waals surface area contributed by atoms with Crippen molar-refractivity contribution < 1.29 is 0 Å². The Morgan fingerprint density at radius 2 is 1.84 bits per heavy atom. The average Bonchev–Trinajstić information content (AvgIpc) is 2.45. The summed E-state index contributed by atoms with van der Waals surface area (Å²) in [6.07, 6.45) is 2.38. The van der Waals surface area contributed by atoms with Crippen LogP contribution in [0, 0.1) is 0 Å². The highest BCUT2D eigenvalue weighted by molar-refractivity contribution is 5.56. The van der Waals surface area contributed by atoms with Crippen molar-refractivity contribution in [3.8, 4) is 0 Å². The maximum absolute atomic E-state index is 5.94. The molecule has 0 aliphatic carbocycles. The molecule has 0 unspecified atom stereocenters. The Hall–Kier alpha value is -2.10. The third-order valence-corrected chi connectivity index (χ3v) is 3.21. The van der Waals surface area contributed by atoms with Gasteiger partial charge in [0.15, 0.2) is 0 Å². The number of nitrogen functional groups attached to an aromatic ring is 1. The van der Waals surface area contributed by atoms with Gasteiger partial charge in [0.1, 0.15) is 18.0 Å². The van der Waals surface area contributed by atoms with Gasteiger partial charge < -0.3 is 10.6 Å². The second-order valence-corrected chi connectivity index (χ2v) is 4.41. The number of anilines is 2. The maximum Gasteiger partial charge on any atom is 0.137 e. The van der Waals surface area contributed by atoms with E-state index in [1.807, 2.05) is 6.07 Å². The largest absolute Gasteiger partial charge is 0.383 e. The van der Waals surface area contributed by atoms with Gasteiger partial charge in [-0.05, 0) is 18.9 Å². The Labute approximate surface area is 114 Å². The van der Waals surface area contributed by atoms with Crippen LogP contribution in [0.15, 0.2) is 36.7 Å². The molecule has 0 saturated carbocycles. The van der Waals surface area contributed by atoms with Gasteiger partial charge in [-0.2, -0.15) is 0 Å². The molecule has 2 rings (SSSR count). The average molecular weight is 256 g/mol. The molecule has 0 amide bonds. The standard InChI is InChI=1S/C15H20N4/c1-3-13-14(16)17-11-18-15(13)19(4-2)10-12-8-6-5-7-9-12/h5-9,11H,3-4,10H2,1-2H3,(H2,16,17,18). The number of nitrogens with two attached hydrogens (primary N) is 1. The van der Waals surface area contributed by atoms with Gasteiger partial charge in [0, 0.05) is 18.7 Å². The van der Waals surface area contributed by atoms with Crippen LogP contribution in [-0.2, 0) is 13.0 Å². The zero-order valence-corrected chi connectivity index (χ0v) is 11.5. The summed E-state index contributed by atoms with van der Waals surface area (Å²) in [4.78, 5) is 10.7. The monoisotopic (exact) mass is 256 g/mol. The van der Waals surface area contributed by atoms with Gasteiger partial charge >= 0.3 is 0 Å². The van der Waals surface area contributed by atoms with Gasteiger partial charge in [0.2, 0.25) is 0 Å². The van der Waals surface area contributed by atoms with Crippen LogP contribution in [0.25, 0.3) is 0 Å². The molecule has 1 heterocycles. The van der Waals surface area contributed by atoms with Crippen LogP contribution in [0.1, 0.15) is 25.0 Å². The summed E-state index contributed by atoms with van der Waals surface area (Å²) in [6.45, 7) is 5.93. The number of aromatic nitrogens is 2. The number of rotatable bonds is 5. The lowest BCUT2D eigenvalue weighted by atomic mass is 10.1. The fourth-order valence-corrected chi connectivity index (χ4v) is 2.17. The molecular formula is C15H20N4. The van der Waals surface area contributed by atoms with Crippen molar-refractivity contribution in [2.24, 2.45) is 0 Å². The molecule has 0 saturated heterocycles. The minimum Gasteiger partial charge on any atom is -0.383 e. The van der Waals surface area contributed by atoms with E-state index in [0.29, 0.717) is 5.82 Å². The van der Waals surface area contributed by atoms with Crippen molar-refractivity contribution in [1.29, 1.82) is 0 Å². The van der Waals surface area contributed by atoms with Crippen molar-refractivity contribution in [2.45, 2.75) is 26.8 Å². The molecule has 19 heavy (non-hydrogen) atoms. The second kappa shape index (κ2) is 6.18. The molecule has 100 valence electrons. The summed E-state index contributed by atoms with van der Waals surface area (Å²) < 4.78 is 0. The molecule has 4 heteroatoms. The molecule has 4 nitrogen and oxygen atoms in total. The summed E-state index contributed by atoms with van der Waals surface area (Å²) in [5.41, 5.74) is 8.24. The molecule has 0 aliphatic rings. The normalized spacial score (nSPS) is 10.4. The van der Waals surface area contributed by atoms with Crippen molar-refractivity contribution >= 4 is 11.6 Å². The summed E-state index contributed by atoms with van der Waals surface area (Å²) in [6, 6.07) is 10.4. The predicted octanol–water partition coefficient (Wildman–Crippen LogP) is 2.65. The smallest absolute Gasteiger partial charge is 0.137 e. The minimum absolute atomic E-state index is 0.582. The van der Waals surface area contributed by atoms with Gasteiger partial charge in [0.25, 0.3) is 0 Å². The molecule has 0 spiro atoms. The summed E-state index contributed by atoms with van der Waals surface area (Å²) in [7, 11) is 0. The lowest BCUT2D eigenvalue weighted by Crippen LogP contribution is -2.25. The first-order chi connectivity index (χ1) is 9.26. The first-order valence-corrected chi connectivity index (χ1v) is 6.64. The first-order valence-electron chi connectivity index (χ1n) is 6.64. The molecule has 2 aromatic rings. The van der Waals surface area contributed by atoms with E-state index in [9.17, 15) is 0 Å². The molecule has 0 bridgehead atoms. The molecule has 0 fully saturated rings. The summed E-state index contributed by atoms with van der Waals surface area (Å²) in [5.74, 6) is 1.53. The third kappa shape index (κ3) is 3.02. The zero-order valence-electron chi connectivity index (χ0n) is 11.5. The van der Waals surface area contributed by atoms with E-state index in [0.717, 1.165) is 30.9 Å². The summed E-state index contributed by atoms with van der Waals surface area (Å²) >= 11 is 0. The maximum atomic E-state index is 5.94. The van der Waals surface area contributed by atoms with E-state index in [2.05, 4.69) is 53.0 Å². The van der Waals surface area contributed by atoms with Crippen molar-refractivity contribution in [2.75, 3.05) is 17.2 Å². The lowest BCUT2D eigenvalue weighted by molar-refractivity contribution is 0.799. The molecule has 0 aliphatic heterocycles. The first kappa shape index (κ1) is 13.3. The fourth-order valence-electron chi connectivity index (χ4n) is 2.17. The topological polar surface area (TPSA) is 55.0 Å². The summed E-state index contributed by atoms with van der Waals surface area (Å²) in [5, 5.41) is 0. The molecule has 2 N–H and O–H groups in total. The quantitative estimate of drug-likeness (QED) is 0.893.